The number of hydrogen-bond donors (Lipinski definition) is 0. The number of carbonyl (C=O) groups is 1. The van der Waals surface area contributed by atoms with E-state index in [-0.39, 0.29) is 17.5 Å². The maximum absolute atomic E-state index is 14.2. The van der Waals surface area contributed by atoms with Crippen LogP contribution in [-0.2, 0) is 11.3 Å². The monoisotopic (exact) mass is 408 g/mol. The molecule has 1 saturated carbocycles. The molecule has 0 spiro atoms. The fraction of sp³-hybridized carbons (Fsp3) is 0.261. The third kappa shape index (κ3) is 4.02. The van der Waals surface area contributed by atoms with E-state index in [9.17, 15) is 18.8 Å². The molecule has 154 valence electrons. The summed E-state index contributed by atoms with van der Waals surface area (Å²) in [6, 6.07) is 17.4. The van der Waals surface area contributed by atoms with Gasteiger partial charge >= 0.3 is 5.69 Å². The average Bonchev–Trinajstić information content (AvgIpc) is 2.74. The molecule has 4 rings (SSSR count). The lowest BCUT2D eigenvalue weighted by atomic mass is 9.80. The largest absolute Gasteiger partial charge is 0.376 e. The molecule has 1 aliphatic carbocycles. The van der Waals surface area contributed by atoms with Crippen LogP contribution in [-0.4, -0.2) is 21.6 Å². The third-order valence-electron chi connectivity index (χ3n) is 5.37. The maximum Gasteiger partial charge on any atom is 0.338 e. The van der Waals surface area contributed by atoms with Crippen molar-refractivity contribution in [2.24, 2.45) is 5.92 Å². The number of rotatable bonds is 6. The van der Waals surface area contributed by atoms with Crippen molar-refractivity contribution in [1.29, 1.82) is 0 Å². The molecular formula is C23H21FN2O4. The Hall–Kier alpha value is -3.32. The van der Waals surface area contributed by atoms with Gasteiger partial charge in [0.1, 0.15) is 0 Å². The Morgan fingerprint density at radius 1 is 1.00 bits per heavy atom. The van der Waals surface area contributed by atoms with Gasteiger partial charge in [-0.25, -0.2) is 4.79 Å². The molecule has 1 aliphatic rings. The Kier molecular flexibility index (Phi) is 5.72. The minimum atomic E-state index is -1.23. The molecule has 7 heteroatoms. The Morgan fingerprint density at radius 2 is 1.63 bits per heavy atom. The van der Waals surface area contributed by atoms with Gasteiger partial charge in [-0.2, -0.15) is 8.96 Å². The molecule has 3 aromatic rings. The second-order valence-electron chi connectivity index (χ2n) is 7.47. The first-order valence-electron chi connectivity index (χ1n) is 9.79. The number of benzene rings is 2. The summed E-state index contributed by atoms with van der Waals surface area (Å²) in [7, 11) is 0. The highest BCUT2D eigenvalue weighted by Crippen LogP contribution is 2.37. The summed E-state index contributed by atoms with van der Waals surface area (Å²) in [5.41, 5.74) is -0.816. The lowest BCUT2D eigenvalue weighted by molar-refractivity contribution is 0.0360. The predicted molar refractivity (Wildman–Crippen MR) is 109 cm³/mol. The van der Waals surface area contributed by atoms with E-state index in [1.165, 1.54) is 12.1 Å². The van der Waals surface area contributed by atoms with Crippen LogP contribution in [0.25, 0.3) is 0 Å². The summed E-state index contributed by atoms with van der Waals surface area (Å²) in [5, 5.41) is 0. The van der Waals surface area contributed by atoms with Crippen molar-refractivity contribution >= 4 is 5.91 Å². The van der Waals surface area contributed by atoms with Gasteiger partial charge in [0.15, 0.2) is 0 Å². The van der Waals surface area contributed by atoms with Crippen molar-refractivity contribution in [2.75, 3.05) is 6.61 Å². The van der Waals surface area contributed by atoms with E-state index in [0.29, 0.717) is 30.6 Å². The molecule has 1 heterocycles. The van der Waals surface area contributed by atoms with Crippen LogP contribution in [0, 0.1) is 11.7 Å². The molecule has 1 aromatic heterocycles. The average molecular weight is 408 g/mol. The van der Waals surface area contributed by atoms with E-state index >= 15 is 0 Å². The zero-order valence-electron chi connectivity index (χ0n) is 16.2. The highest BCUT2D eigenvalue weighted by Gasteiger charge is 2.33. The fourth-order valence-electron chi connectivity index (χ4n) is 3.67. The van der Waals surface area contributed by atoms with Crippen LogP contribution in [0.1, 0.15) is 34.8 Å². The second kappa shape index (κ2) is 8.59. The number of ether oxygens (including phenoxy) is 1. The SMILES string of the molecule is O=C(c1ccccc1)n1c(=O)c(F)cn(C2CC(COCc3ccccc3)C2)c1=O. The van der Waals surface area contributed by atoms with Crippen molar-refractivity contribution in [3.63, 3.8) is 0 Å². The molecule has 0 saturated heterocycles. The van der Waals surface area contributed by atoms with Crippen LogP contribution in [0.4, 0.5) is 4.39 Å². The Morgan fingerprint density at radius 3 is 2.30 bits per heavy atom. The zero-order chi connectivity index (χ0) is 21.1. The van der Waals surface area contributed by atoms with E-state index in [0.717, 1.165) is 16.3 Å². The van der Waals surface area contributed by atoms with Crippen LogP contribution < -0.4 is 11.2 Å². The van der Waals surface area contributed by atoms with Crippen molar-refractivity contribution in [3.8, 4) is 0 Å². The standard InChI is InChI=1S/C23H21FN2O4/c24-20-13-25(19-11-17(12-19)15-30-14-16-7-3-1-4-8-16)23(29)26(22(20)28)21(27)18-9-5-2-6-10-18/h1-10,13,17,19H,11-12,14-15H2. The summed E-state index contributed by atoms with van der Waals surface area (Å²) >= 11 is 0. The number of halogens is 1. The molecule has 0 bridgehead atoms. The van der Waals surface area contributed by atoms with Crippen LogP contribution in [0.15, 0.2) is 76.4 Å². The van der Waals surface area contributed by atoms with Gasteiger partial charge in [-0.1, -0.05) is 48.5 Å². The van der Waals surface area contributed by atoms with Crippen LogP contribution >= 0.6 is 0 Å². The number of nitrogens with zero attached hydrogens (tertiary/aromatic N) is 2. The molecule has 0 aliphatic heterocycles. The highest BCUT2D eigenvalue weighted by atomic mass is 19.1. The van der Waals surface area contributed by atoms with E-state index < -0.39 is 23.0 Å². The predicted octanol–water partition coefficient (Wildman–Crippen LogP) is 3.01. The molecule has 0 atom stereocenters. The van der Waals surface area contributed by atoms with Gasteiger partial charge in [0.2, 0.25) is 5.82 Å². The van der Waals surface area contributed by atoms with Crippen molar-refractivity contribution in [1.82, 2.24) is 9.13 Å². The summed E-state index contributed by atoms with van der Waals surface area (Å²) in [5.74, 6) is -1.72. The molecule has 30 heavy (non-hydrogen) atoms. The van der Waals surface area contributed by atoms with Gasteiger partial charge in [-0.15, -0.1) is 0 Å². The molecule has 0 unspecified atom stereocenters. The minimum absolute atomic E-state index is 0.148. The summed E-state index contributed by atoms with van der Waals surface area (Å²) < 4.78 is 21.5. The molecular weight excluding hydrogens is 387 g/mol. The van der Waals surface area contributed by atoms with Crippen LogP contribution in [0.5, 0.6) is 0 Å². The van der Waals surface area contributed by atoms with Crippen molar-refractivity contribution in [2.45, 2.75) is 25.5 Å². The Labute approximate surface area is 172 Å². The normalized spacial score (nSPS) is 18.0. The first-order valence-corrected chi connectivity index (χ1v) is 9.79. The number of carbonyl (C=O) groups excluding carboxylic acids is 1. The van der Waals surface area contributed by atoms with E-state index in [2.05, 4.69) is 0 Å². The van der Waals surface area contributed by atoms with Gasteiger partial charge in [-0.3, -0.25) is 14.2 Å². The molecule has 1 fully saturated rings. The fourth-order valence-corrected chi connectivity index (χ4v) is 3.67. The molecule has 6 nitrogen and oxygen atoms in total. The van der Waals surface area contributed by atoms with Gasteiger partial charge < -0.3 is 4.74 Å². The van der Waals surface area contributed by atoms with Gasteiger partial charge in [0, 0.05) is 18.2 Å². The summed E-state index contributed by atoms with van der Waals surface area (Å²) in [4.78, 5) is 37.6. The Bertz CT molecular complexity index is 1150. The summed E-state index contributed by atoms with van der Waals surface area (Å²) in [6.45, 7) is 1.04. The van der Waals surface area contributed by atoms with Crippen molar-refractivity contribution < 1.29 is 13.9 Å². The van der Waals surface area contributed by atoms with E-state index in [4.69, 9.17) is 4.74 Å². The lowest BCUT2D eigenvalue weighted by Crippen LogP contribution is -2.48. The molecule has 0 N–H and O–H groups in total. The minimum Gasteiger partial charge on any atom is -0.376 e. The first-order chi connectivity index (χ1) is 14.5. The maximum atomic E-state index is 14.2. The first kappa shape index (κ1) is 20.0. The number of hydrogen-bond acceptors (Lipinski definition) is 4. The summed E-state index contributed by atoms with van der Waals surface area (Å²) in [6.07, 6.45) is 2.14. The smallest absolute Gasteiger partial charge is 0.338 e. The molecule has 0 radical (unpaired) electrons. The molecule has 2 aromatic carbocycles. The van der Waals surface area contributed by atoms with Crippen LogP contribution in [0.2, 0.25) is 0 Å². The van der Waals surface area contributed by atoms with Crippen LogP contribution in [0.3, 0.4) is 0 Å². The number of aromatic nitrogens is 2. The lowest BCUT2D eigenvalue weighted by Gasteiger charge is -2.36. The topological polar surface area (TPSA) is 70.3 Å². The van der Waals surface area contributed by atoms with E-state index in [1.54, 1.807) is 18.2 Å². The third-order valence-corrected chi connectivity index (χ3v) is 5.37. The van der Waals surface area contributed by atoms with Gasteiger partial charge in [-0.05, 0) is 36.5 Å². The zero-order valence-corrected chi connectivity index (χ0v) is 16.2. The van der Waals surface area contributed by atoms with Gasteiger partial charge in [0.05, 0.1) is 12.8 Å². The molecule has 0 amide bonds. The van der Waals surface area contributed by atoms with Gasteiger partial charge in [0.25, 0.3) is 11.5 Å². The Balaban J connectivity index is 1.45. The van der Waals surface area contributed by atoms with E-state index in [1.807, 2.05) is 30.3 Å². The highest BCUT2D eigenvalue weighted by molar-refractivity contribution is 5.95. The second-order valence-corrected chi connectivity index (χ2v) is 7.47. The quantitative estimate of drug-likeness (QED) is 0.629. The van der Waals surface area contributed by atoms with Crippen molar-refractivity contribution in [3.05, 3.63) is 105 Å².